The summed E-state index contributed by atoms with van der Waals surface area (Å²) in [4.78, 5) is 84.1. The number of rotatable bonds is 10. The summed E-state index contributed by atoms with van der Waals surface area (Å²) in [6.07, 6.45) is 6.98. The molecule has 1 aromatic carbocycles. The van der Waals surface area contributed by atoms with E-state index in [2.05, 4.69) is 71.1 Å². The molecule has 5 amide bonds. The normalized spacial score (nSPS) is 21.7. The second-order valence-corrected chi connectivity index (χ2v) is 21.2. The summed E-state index contributed by atoms with van der Waals surface area (Å²) in [5.41, 5.74) is 7.20. The molecule has 0 aliphatic carbocycles. The van der Waals surface area contributed by atoms with Gasteiger partial charge in [0.05, 0.1) is 58.1 Å². The van der Waals surface area contributed by atoms with E-state index < -0.39 is 46.6 Å². The van der Waals surface area contributed by atoms with Gasteiger partial charge in [0, 0.05) is 86.1 Å². The third-order valence-corrected chi connectivity index (χ3v) is 15.2. The number of hydrazine groups is 1. The Hall–Kier alpha value is -5.89. The highest BCUT2D eigenvalue weighted by Gasteiger charge is 2.45. The van der Waals surface area contributed by atoms with Crippen LogP contribution in [0.3, 0.4) is 0 Å². The Balaban J connectivity index is 1.09. The van der Waals surface area contributed by atoms with E-state index in [0.29, 0.717) is 76.4 Å². The van der Waals surface area contributed by atoms with Crippen LogP contribution in [0.4, 0.5) is 4.79 Å². The number of methoxy groups -OCH3 is 1. The average molecular weight is 991 g/mol. The number of carbonyl (C=O) groups excluding carboxylic acids is 5. The third kappa shape index (κ3) is 10.5. The number of benzene rings is 1. The highest BCUT2D eigenvalue weighted by Crippen LogP contribution is 2.42. The molecule has 5 atom stereocenters. The number of amides is 5. The predicted octanol–water partition coefficient (Wildman–Crippen LogP) is 5.39. The van der Waals surface area contributed by atoms with Gasteiger partial charge in [0.15, 0.2) is 0 Å². The lowest BCUT2D eigenvalue weighted by molar-refractivity contribution is -0.155. The fourth-order valence-electron chi connectivity index (χ4n) is 10.7. The van der Waals surface area contributed by atoms with E-state index in [0.717, 1.165) is 39.0 Å². The molecule has 1 spiro atoms. The van der Waals surface area contributed by atoms with E-state index in [-0.39, 0.29) is 49.6 Å². The van der Waals surface area contributed by atoms with Crippen LogP contribution in [-0.4, -0.2) is 151 Å². The van der Waals surface area contributed by atoms with Gasteiger partial charge < -0.3 is 43.2 Å². The molecule has 0 saturated carbocycles. The molecule has 6 bridgehead atoms. The predicted molar refractivity (Wildman–Crippen MR) is 266 cm³/mol. The largest absolute Gasteiger partial charge is 0.464 e. The monoisotopic (exact) mass is 990 g/mol. The summed E-state index contributed by atoms with van der Waals surface area (Å²) >= 11 is 0. The lowest BCUT2D eigenvalue weighted by atomic mass is 9.84. The first-order chi connectivity index (χ1) is 33.9. The Morgan fingerprint density at radius 2 is 1.87 bits per heavy atom. The number of esters is 1. The molecule has 3 saturated heterocycles. The van der Waals surface area contributed by atoms with Crippen molar-refractivity contribution in [3.8, 4) is 22.7 Å². The Kier molecular flexibility index (Phi) is 15.3. The first-order valence-electron chi connectivity index (χ1n) is 24.8. The van der Waals surface area contributed by atoms with Crippen molar-refractivity contribution >= 4 is 50.9 Å². The van der Waals surface area contributed by atoms with Gasteiger partial charge in [-0.3, -0.25) is 29.2 Å². The zero-order valence-corrected chi connectivity index (χ0v) is 43.3. The van der Waals surface area contributed by atoms with Crippen LogP contribution in [0, 0.1) is 17.3 Å². The first kappa shape index (κ1) is 51.5. The number of cyclic esters (lactones) is 1. The Morgan fingerprint density at radius 1 is 1.11 bits per heavy atom. The quantitative estimate of drug-likeness (QED) is 0.117. The number of aromatic nitrogens is 3. The number of aryl methyl sites for hydroxylation is 1. The molecule has 3 fully saturated rings. The molecule has 7 heterocycles. The maximum Gasteiger partial charge on any atom is 0.324 e. The van der Waals surface area contributed by atoms with Crippen LogP contribution in [0.5, 0.6) is 0 Å². The summed E-state index contributed by atoms with van der Waals surface area (Å²) in [6, 6.07) is 8.14. The maximum absolute atomic E-state index is 14.8. The summed E-state index contributed by atoms with van der Waals surface area (Å²) in [7, 11) is 7.06. The summed E-state index contributed by atoms with van der Waals surface area (Å²) in [6.45, 7) is 18.1. The van der Waals surface area contributed by atoms with Gasteiger partial charge in [0.2, 0.25) is 23.6 Å². The molecule has 4 aliphatic heterocycles. The number of likely N-dealkylation sites (N-methyl/N-ethyl adjacent to an activating group) is 1. The van der Waals surface area contributed by atoms with E-state index in [4.69, 9.17) is 28.6 Å². The van der Waals surface area contributed by atoms with Crippen molar-refractivity contribution in [3.05, 3.63) is 72.4 Å². The number of nitrogens with zero attached hydrogens (tertiary/aromatic N) is 7. The van der Waals surface area contributed by atoms with E-state index >= 15 is 0 Å². The number of urea groups is 1. The van der Waals surface area contributed by atoms with Crippen molar-refractivity contribution < 1.29 is 42.6 Å². The molecule has 3 aromatic heterocycles. The molecule has 379 valence electrons. The smallest absolute Gasteiger partial charge is 0.324 e. The van der Waals surface area contributed by atoms with Crippen molar-refractivity contribution in [2.24, 2.45) is 17.3 Å². The topological polar surface area (TPSA) is 194 Å². The van der Waals surface area contributed by atoms with Crippen molar-refractivity contribution in [1.82, 2.24) is 45.0 Å². The van der Waals surface area contributed by atoms with Gasteiger partial charge in [-0.05, 0) is 93.8 Å². The number of oxazole rings is 1. The van der Waals surface area contributed by atoms with Crippen LogP contribution in [0.15, 0.2) is 59.9 Å². The second-order valence-electron chi connectivity index (χ2n) is 20.6. The lowest BCUT2D eigenvalue weighted by Crippen LogP contribution is -2.61. The van der Waals surface area contributed by atoms with Crippen LogP contribution in [-0.2, 0) is 52.8 Å². The SMILES string of the molecule is C=CC(=O)N1COC2(CCN(C(=O)N(C)[C@H](C(=O)N[C@H]([Si])[C@H]3Cc4coc(n4)-c4ccc5c(c4)c(c(-c4cccnc4[C@H](C)OC)n5CC)CC(C)(C)COC(=O)[C@@H]4CCCN(N4)C3=O)C(C)C)CC2)C1. The second kappa shape index (κ2) is 21.1. The summed E-state index contributed by atoms with van der Waals surface area (Å²) in [5.74, 6) is -2.37. The molecule has 18 nitrogen and oxygen atoms in total. The molecule has 4 aromatic rings. The number of hydrogen-bond acceptors (Lipinski definition) is 12. The Morgan fingerprint density at radius 3 is 2.58 bits per heavy atom. The zero-order chi connectivity index (χ0) is 50.9. The Bertz CT molecular complexity index is 2660. The lowest BCUT2D eigenvalue weighted by Gasteiger charge is -2.41. The number of nitrogens with one attached hydrogen (secondary N) is 2. The van der Waals surface area contributed by atoms with Crippen molar-refractivity contribution in [2.75, 3.05) is 53.7 Å². The minimum atomic E-state index is -0.946. The fourth-order valence-corrected chi connectivity index (χ4v) is 11.1. The fraction of sp³-hybridized carbons (Fsp3) is 0.558. The van der Waals surface area contributed by atoms with Crippen LogP contribution in [0.1, 0.15) is 90.3 Å². The highest BCUT2D eigenvalue weighted by molar-refractivity contribution is 6.15. The molecule has 71 heavy (non-hydrogen) atoms. The summed E-state index contributed by atoms with van der Waals surface area (Å²) in [5, 5.41) is 5.47. The Labute approximate surface area is 419 Å². The summed E-state index contributed by atoms with van der Waals surface area (Å²) < 4.78 is 26.5. The number of hydrogen-bond donors (Lipinski definition) is 2. The van der Waals surface area contributed by atoms with Crippen LogP contribution in [0.25, 0.3) is 33.6 Å². The van der Waals surface area contributed by atoms with Gasteiger partial charge in [-0.1, -0.05) is 34.3 Å². The first-order valence-corrected chi connectivity index (χ1v) is 25.4. The van der Waals surface area contributed by atoms with E-state index in [9.17, 15) is 24.0 Å². The van der Waals surface area contributed by atoms with Crippen LogP contribution >= 0.6 is 0 Å². The van der Waals surface area contributed by atoms with Crippen LogP contribution in [0.2, 0.25) is 0 Å². The van der Waals surface area contributed by atoms with Crippen molar-refractivity contribution in [1.29, 1.82) is 0 Å². The number of ether oxygens (including phenoxy) is 3. The minimum Gasteiger partial charge on any atom is -0.464 e. The highest BCUT2D eigenvalue weighted by atomic mass is 28.1. The third-order valence-electron chi connectivity index (χ3n) is 14.6. The van der Waals surface area contributed by atoms with Gasteiger partial charge >= 0.3 is 12.0 Å². The molecular formula is C52H68N9O9Si. The van der Waals surface area contributed by atoms with Gasteiger partial charge in [-0.2, -0.15) is 0 Å². The molecular weight excluding hydrogens is 923 g/mol. The molecule has 0 unspecified atom stereocenters. The molecule has 19 heteroatoms. The van der Waals surface area contributed by atoms with E-state index in [1.165, 1.54) is 22.2 Å². The van der Waals surface area contributed by atoms with Crippen LogP contribution < -0.4 is 10.7 Å². The molecule has 8 rings (SSSR count). The van der Waals surface area contributed by atoms with Gasteiger partial charge in [-0.15, -0.1) is 0 Å². The number of fused-ring (bicyclic) bond motifs is 6. The minimum absolute atomic E-state index is 0.0537. The van der Waals surface area contributed by atoms with Gasteiger partial charge in [0.25, 0.3) is 0 Å². The van der Waals surface area contributed by atoms with E-state index in [1.807, 2.05) is 32.9 Å². The number of pyridine rings is 1. The van der Waals surface area contributed by atoms with Gasteiger partial charge in [-0.25, -0.2) is 15.2 Å². The van der Waals surface area contributed by atoms with Gasteiger partial charge in [0.1, 0.15) is 25.1 Å². The van der Waals surface area contributed by atoms with E-state index in [1.54, 1.807) is 30.2 Å². The van der Waals surface area contributed by atoms with Crippen molar-refractivity contribution in [2.45, 2.75) is 116 Å². The number of piperidine rings is 1. The number of likely N-dealkylation sites (tertiary alicyclic amines) is 1. The number of carbonyl (C=O) groups is 5. The standard InChI is InChI=1S/C52H68N9O9Si/c1-10-41(62)59-28-52(70-30-59)18-22-58(23-19-52)50(66)57(8)43(31(3)4)45(63)55-47(71)37-25-34-27-68-46(54-34)33-16-17-40-36(24-33)38(44(60(40)11-2)35-14-12-20-53-42(35)32(5)67-9)26-51(6,7)29-69-49(65)39-15-13-21-61(56-39)48(37)64/h10,12,14,16-17,20,24,27,31-32,37,39,43,47,56H,1,11,13,15,18-19,21-23,25-26,28-30H2,2-9H3,(H,55,63)/t32-,37+,39-,43-,47+/m0/s1. The maximum atomic E-state index is 14.8. The molecule has 3 radical (unpaired) electrons. The molecule has 2 N–H and O–H groups in total. The molecule has 4 aliphatic rings. The average Bonchev–Trinajstić information content (AvgIpc) is 4.09. The van der Waals surface area contributed by atoms with Crippen molar-refractivity contribution in [3.63, 3.8) is 0 Å². The zero-order valence-electron chi connectivity index (χ0n) is 42.3.